The highest BCUT2D eigenvalue weighted by Gasteiger charge is 2.24. The molecule has 110 valence electrons. The molecule has 1 atom stereocenters. The predicted molar refractivity (Wildman–Crippen MR) is 79.3 cm³/mol. The van der Waals surface area contributed by atoms with Gasteiger partial charge < -0.3 is 14.4 Å². The standard InChI is InChI=1S/C14H17NO4.H2S/c1-9-8-19-13-6-11(14(17)18-3)4-5-12(13)7-15(9)10(2)16;/h4-6,9H,7-8H2,1-3H3;1H2/t9-;/m0./s1. The molecule has 0 aromatic heterocycles. The number of amides is 1. The van der Waals surface area contributed by atoms with Crippen LogP contribution in [0.5, 0.6) is 5.75 Å². The van der Waals surface area contributed by atoms with Crippen LogP contribution in [0, 0.1) is 0 Å². The summed E-state index contributed by atoms with van der Waals surface area (Å²) in [5.41, 5.74) is 1.34. The van der Waals surface area contributed by atoms with Crippen molar-refractivity contribution in [2.75, 3.05) is 13.7 Å². The lowest BCUT2D eigenvalue weighted by Crippen LogP contribution is -2.38. The summed E-state index contributed by atoms with van der Waals surface area (Å²) in [7, 11) is 1.34. The van der Waals surface area contributed by atoms with Crippen LogP contribution in [0.15, 0.2) is 18.2 Å². The third kappa shape index (κ3) is 3.25. The molecular formula is C14H19NO4S. The fourth-order valence-corrected chi connectivity index (χ4v) is 2.13. The molecule has 1 aromatic rings. The van der Waals surface area contributed by atoms with Crippen molar-refractivity contribution in [3.8, 4) is 5.75 Å². The molecule has 1 heterocycles. The van der Waals surface area contributed by atoms with Crippen molar-refractivity contribution < 1.29 is 19.1 Å². The summed E-state index contributed by atoms with van der Waals surface area (Å²) < 4.78 is 10.4. The van der Waals surface area contributed by atoms with E-state index < -0.39 is 5.97 Å². The molecule has 1 aromatic carbocycles. The summed E-state index contributed by atoms with van der Waals surface area (Å²) in [5.74, 6) is 0.256. The van der Waals surface area contributed by atoms with Crippen LogP contribution in [0.4, 0.5) is 0 Å². The molecule has 0 aliphatic carbocycles. The highest BCUT2D eigenvalue weighted by molar-refractivity contribution is 7.59. The van der Waals surface area contributed by atoms with E-state index in [2.05, 4.69) is 4.74 Å². The minimum Gasteiger partial charge on any atom is -0.491 e. The molecule has 1 amide bonds. The van der Waals surface area contributed by atoms with Gasteiger partial charge in [-0.3, -0.25) is 4.79 Å². The van der Waals surface area contributed by atoms with E-state index in [1.807, 2.05) is 6.92 Å². The van der Waals surface area contributed by atoms with Crippen LogP contribution in [0.2, 0.25) is 0 Å². The van der Waals surface area contributed by atoms with Crippen LogP contribution in [0.3, 0.4) is 0 Å². The molecule has 0 spiro atoms. The topological polar surface area (TPSA) is 55.8 Å². The molecule has 0 N–H and O–H groups in total. The number of esters is 1. The first-order valence-corrected chi connectivity index (χ1v) is 6.14. The molecular weight excluding hydrogens is 278 g/mol. The van der Waals surface area contributed by atoms with Gasteiger partial charge >= 0.3 is 5.97 Å². The Bertz CT molecular complexity index is 518. The second-order valence-corrected chi connectivity index (χ2v) is 4.62. The van der Waals surface area contributed by atoms with Crippen molar-refractivity contribution in [3.05, 3.63) is 29.3 Å². The zero-order valence-corrected chi connectivity index (χ0v) is 12.8. The fraction of sp³-hybridized carbons (Fsp3) is 0.429. The maximum absolute atomic E-state index is 11.6. The van der Waals surface area contributed by atoms with Gasteiger partial charge in [-0.05, 0) is 19.1 Å². The van der Waals surface area contributed by atoms with Gasteiger partial charge in [0.15, 0.2) is 0 Å². The molecule has 0 radical (unpaired) electrons. The molecule has 1 aliphatic rings. The Balaban J connectivity index is 0.00000200. The maximum Gasteiger partial charge on any atom is 0.337 e. The van der Waals surface area contributed by atoms with Gasteiger partial charge in [-0.1, -0.05) is 6.07 Å². The zero-order valence-electron chi connectivity index (χ0n) is 11.8. The number of ether oxygens (including phenoxy) is 2. The number of hydrogen-bond donors (Lipinski definition) is 0. The molecule has 0 unspecified atom stereocenters. The number of benzene rings is 1. The molecule has 2 rings (SSSR count). The van der Waals surface area contributed by atoms with E-state index in [9.17, 15) is 9.59 Å². The summed E-state index contributed by atoms with van der Waals surface area (Å²) in [4.78, 5) is 24.8. The lowest BCUT2D eigenvalue weighted by Gasteiger charge is -2.24. The molecule has 0 bridgehead atoms. The number of hydrogen-bond acceptors (Lipinski definition) is 4. The molecule has 20 heavy (non-hydrogen) atoms. The van der Waals surface area contributed by atoms with Gasteiger partial charge in [0.2, 0.25) is 5.91 Å². The van der Waals surface area contributed by atoms with Gasteiger partial charge in [0.05, 0.1) is 18.7 Å². The first-order valence-electron chi connectivity index (χ1n) is 6.14. The highest BCUT2D eigenvalue weighted by atomic mass is 32.1. The molecule has 0 saturated carbocycles. The summed E-state index contributed by atoms with van der Waals surface area (Å²) in [6.45, 7) is 4.39. The summed E-state index contributed by atoms with van der Waals surface area (Å²) in [5, 5.41) is 0. The Labute approximate surface area is 125 Å². The first-order chi connectivity index (χ1) is 9.02. The minimum atomic E-state index is -0.396. The third-order valence-corrected chi connectivity index (χ3v) is 3.25. The van der Waals surface area contributed by atoms with E-state index in [0.717, 1.165) is 5.56 Å². The van der Waals surface area contributed by atoms with Crippen molar-refractivity contribution in [2.24, 2.45) is 0 Å². The minimum absolute atomic E-state index is 0. The van der Waals surface area contributed by atoms with Crippen molar-refractivity contribution in [1.29, 1.82) is 0 Å². The van der Waals surface area contributed by atoms with Crippen molar-refractivity contribution in [2.45, 2.75) is 26.4 Å². The largest absolute Gasteiger partial charge is 0.491 e. The monoisotopic (exact) mass is 297 g/mol. The maximum atomic E-state index is 11.6. The highest BCUT2D eigenvalue weighted by Crippen LogP contribution is 2.26. The van der Waals surface area contributed by atoms with Crippen LogP contribution < -0.4 is 4.74 Å². The molecule has 1 aliphatic heterocycles. The molecule has 0 saturated heterocycles. The van der Waals surface area contributed by atoms with E-state index in [4.69, 9.17) is 4.74 Å². The van der Waals surface area contributed by atoms with E-state index in [1.165, 1.54) is 7.11 Å². The second kappa shape index (κ2) is 6.65. The van der Waals surface area contributed by atoms with E-state index in [0.29, 0.717) is 24.5 Å². The summed E-state index contributed by atoms with van der Waals surface area (Å²) in [6.07, 6.45) is 0. The number of methoxy groups -OCH3 is 1. The quantitative estimate of drug-likeness (QED) is 0.741. The Morgan fingerprint density at radius 2 is 2.10 bits per heavy atom. The van der Waals surface area contributed by atoms with E-state index in [-0.39, 0.29) is 25.4 Å². The SMILES string of the molecule is COC(=O)c1ccc2c(c1)OC[C@H](C)N(C(C)=O)C2.S. The Kier molecular flexibility index (Phi) is 5.44. The van der Waals surface area contributed by atoms with Gasteiger partial charge in [-0.25, -0.2) is 4.79 Å². The number of carbonyl (C=O) groups excluding carboxylic acids is 2. The third-order valence-electron chi connectivity index (χ3n) is 3.25. The Hall–Kier alpha value is -1.69. The Morgan fingerprint density at radius 1 is 1.40 bits per heavy atom. The van der Waals surface area contributed by atoms with Crippen molar-refractivity contribution in [1.82, 2.24) is 4.90 Å². The summed E-state index contributed by atoms with van der Waals surface area (Å²) >= 11 is 0. The second-order valence-electron chi connectivity index (χ2n) is 4.62. The van der Waals surface area contributed by atoms with Gasteiger partial charge in [0.25, 0.3) is 0 Å². The van der Waals surface area contributed by atoms with Gasteiger partial charge in [0, 0.05) is 19.0 Å². The normalized spacial score (nSPS) is 17.1. The lowest BCUT2D eigenvalue weighted by molar-refractivity contribution is -0.131. The van der Waals surface area contributed by atoms with Crippen LogP contribution in [0.1, 0.15) is 29.8 Å². The van der Waals surface area contributed by atoms with Crippen molar-refractivity contribution in [3.63, 3.8) is 0 Å². The first kappa shape index (κ1) is 16.4. The number of nitrogens with zero attached hydrogens (tertiary/aromatic N) is 1. The number of fused-ring (bicyclic) bond motifs is 1. The average Bonchev–Trinajstić information content (AvgIpc) is 2.57. The van der Waals surface area contributed by atoms with Gasteiger partial charge in [0.1, 0.15) is 12.4 Å². The molecule has 5 nitrogen and oxygen atoms in total. The van der Waals surface area contributed by atoms with Crippen LogP contribution in [0.25, 0.3) is 0 Å². The van der Waals surface area contributed by atoms with Crippen molar-refractivity contribution >= 4 is 25.4 Å². The van der Waals surface area contributed by atoms with E-state index in [1.54, 1.807) is 30.0 Å². The number of rotatable bonds is 1. The Morgan fingerprint density at radius 3 is 2.70 bits per heavy atom. The fourth-order valence-electron chi connectivity index (χ4n) is 2.13. The van der Waals surface area contributed by atoms with Crippen LogP contribution in [-0.4, -0.2) is 36.5 Å². The molecule has 6 heteroatoms. The van der Waals surface area contributed by atoms with Crippen LogP contribution >= 0.6 is 13.5 Å². The van der Waals surface area contributed by atoms with Gasteiger partial charge in [-0.15, -0.1) is 0 Å². The number of carbonyl (C=O) groups is 2. The summed E-state index contributed by atoms with van der Waals surface area (Å²) in [6, 6.07) is 5.15. The molecule has 0 fully saturated rings. The average molecular weight is 297 g/mol. The smallest absolute Gasteiger partial charge is 0.337 e. The van der Waals surface area contributed by atoms with Crippen LogP contribution in [-0.2, 0) is 16.1 Å². The van der Waals surface area contributed by atoms with E-state index >= 15 is 0 Å². The predicted octanol–water partition coefficient (Wildman–Crippen LogP) is 1.72. The zero-order chi connectivity index (χ0) is 14.0. The lowest BCUT2D eigenvalue weighted by atomic mass is 10.1. The van der Waals surface area contributed by atoms with Gasteiger partial charge in [-0.2, -0.15) is 13.5 Å².